The molecule has 1 aliphatic rings. The van der Waals surface area contributed by atoms with Crippen molar-refractivity contribution in [3.63, 3.8) is 0 Å². The van der Waals surface area contributed by atoms with Gasteiger partial charge in [-0.2, -0.15) is 0 Å². The SMILES string of the molecule is CCCCC/C=C\C/C=C\CCCCCCCCC1(CCCCCCCC/C=C\C/C=C\CCCCC)OC(C)C(CCN(C)C)O1. The van der Waals surface area contributed by atoms with E-state index >= 15 is 0 Å². The van der Waals surface area contributed by atoms with Crippen LogP contribution in [-0.4, -0.2) is 43.5 Å². The number of rotatable bonds is 33. The molecule has 3 heteroatoms. The van der Waals surface area contributed by atoms with E-state index in [1.165, 1.54) is 141 Å². The third-order valence-electron chi connectivity index (χ3n) is 9.67. The molecule has 1 rings (SSSR count). The first-order chi connectivity index (χ1) is 23.0. The third-order valence-corrected chi connectivity index (χ3v) is 9.67. The Hall–Kier alpha value is -1.16. The topological polar surface area (TPSA) is 21.7 Å². The van der Waals surface area contributed by atoms with Gasteiger partial charge in [-0.15, -0.1) is 0 Å². The molecule has 1 saturated heterocycles. The second-order valence-electron chi connectivity index (χ2n) is 14.7. The summed E-state index contributed by atoms with van der Waals surface area (Å²) in [6.07, 6.45) is 53.4. The van der Waals surface area contributed by atoms with Gasteiger partial charge in [-0.05, 0) is 104 Å². The molecule has 0 saturated carbocycles. The zero-order valence-corrected chi connectivity index (χ0v) is 32.3. The second kappa shape index (κ2) is 32.1. The van der Waals surface area contributed by atoms with Gasteiger partial charge in [0.2, 0.25) is 0 Å². The molecular weight excluding hydrogens is 574 g/mol. The zero-order chi connectivity index (χ0) is 34.1. The van der Waals surface area contributed by atoms with Crippen molar-refractivity contribution in [3.8, 4) is 0 Å². The van der Waals surface area contributed by atoms with Crippen LogP contribution in [0.15, 0.2) is 48.6 Å². The maximum Gasteiger partial charge on any atom is 0.169 e. The van der Waals surface area contributed by atoms with Crippen LogP contribution in [0, 0.1) is 0 Å². The maximum absolute atomic E-state index is 6.79. The zero-order valence-electron chi connectivity index (χ0n) is 32.3. The number of ether oxygens (including phenoxy) is 2. The number of hydrogen-bond donors (Lipinski definition) is 0. The van der Waals surface area contributed by atoms with Gasteiger partial charge < -0.3 is 14.4 Å². The van der Waals surface area contributed by atoms with Gasteiger partial charge in [0.25, 0.3) is 0 Å². The van der Waals surface area contributed by atoms with Crippen molar-refractivity contribution in [2.45, 2.75) is 212 Å². The lowest BCUT2D eigenvalue weighted by molar-refractivity contribution is -0.186. The van der Waals surface area contributed by atoms with Crippen molar-refractivity contribution < 1.29 is 9.47 Å². The van der Waals surface area contributed by atoms with Crippen molar-refractivity contribution in [1.29, 1.82) is 0 Å². The van der Waals surface area contributed by atoms with Crippen LogP contribution < -0.4 is 0 Å². The predicted molar refractivity (Wildman–Crippen MR) is 209 cm³/mol. The number of unbranched alkanes of at least 4 members (excludes halogenated alkanes) is 18. The first kappa shape index (κ1) is 43.9. The van der Waals surface area contributed by atoms with Crippen LogP contribution in [0.1, 0.15) is 194 Å². The molecule has 0 aromatic heterocycles. The Morgan fingerprint density at radius 3 is 1.28 bits per heavy atom. The van der Waals surface area contributed by atoms with E-state index in [1.807, 2.05) is 0 Å². The van der Waals surface area contributed by atoms with Crippen LogP contribution in [0.25, 0.3) is 0 Å². The summed E-state index contributed by atoms with van der Waals surface area (Å²) in [6.45, 7) is 7.83. The van der Waals surface area contributed by atoms with Gasteiger partial charge in [-0.25, -0.2) is 0 Å². The molecule has 1 fully saturated rings. The molecule has 47 heavy (non-hydrogen) atoms. The Kier molecular flexibility index (Phi) is 29.9. The van der Waals surface area contributed by atoms with Crippen molar-refractivity contribution in [1.82, 2.24) is 4.90 Å². The van der Waals surface area contributed by atoms with Gasteiger partial charge in [0.15, 0.2) is 5.79 Å². The lowest BCUT2D eigenvalue weighted by Crippen LogP contribution is -2.31. The Morgan fingerprint density at radius 1 is 0.489 bits per heavy atom. The summed E-state index contributed by atoms with van der Waals surface area (Å²) in [4.78, 5) is 2.26. The summed E-state index contributed by atoms with van der Waals surface area (Å²) in [7, 11) is 4.31. The van der Waals surface area contributed by atoms with Crippen LogP contribution in [-0.2, 0) is 9.47 Å². The standard InChI is InChI=1S/C44H81NO2/c1-6-8-10-12-14-16-18-20-22-24-26-28-30-32-34-36-39-44(46-42(3)43(47-44)38-41-45(4)5)40-37-35-33-31-29-27-25-23-21-19-17-15-13-11-9-7-2/h14-17,20-23,42-43H,6-13,18-19,24-41H2,1-5H3/b16-14-,17-15-,22-20-,23-21-. The summed E-state index contributed by atoms with van der Waals surface area (Å²) < 4.78 is 13.5. The van der Waals surface area contributed by atoms with Crippen molar-refractivity contribution in [2.75, 3.05) is 20.6 Å². The molecule has 0 aromatic carbocycles. The number of nitrogens with zero attached hydrogens (tertiary/aromatic N) is 1. The minimum atomic E-state index is -0.346. The average Bonchev–Trinajstić information content (AvgIpc) is 3.38. The highest BCUT2D eigenvalue weighted by atomic mass is 16.8. The highest BCUT2D eigenvalue weighted by molar-refractivity contribution is 4.93. The summed E-state index contributed by atoms with van der Waals surface area (Å²) in [6, 6.07) is 0. The largest absolute Gasteiger partial charge is 0.344 e. The average molecular weight is 656 g/mol. The van der Waals surface area contributed by atoms with E-state index in [9.17, 15) is 0 Å². The van der Waals surface area contributed by atoms with Gasteiger partial charge in [-0.1, -0.05) is 140 Å². The molecule has 0 amide bonds. The van der Waals surface area contributed by atoms with Crippen LogP contribution in [0.2, 0.25) is 0 Å². The molecule has 274 valence electrons. The van der Waals surface area contributed by atoms with Crippen LogP contribution in [0.3, 0.4) is 0 Å². The molecular formula is C44H81NO2. The smallest absolute Gasteiger partial charge is 0.169 e. The fourth-order valence-corrected chi connectivity index (χ4v) is 6.62. The van der Waals surface area contributed by atoms with Gasteiger partial charge >= 0.3 is 0 Å². The van der Waals surface area contributed by atoms with E-state index in [-0.39, 0.29) is 18.0 Å². The van der Waals surface area contributed by atoms with Crippen molar-refractivity contribution in [2.24, 2.45) is 0 Å². The molecule has 2 atom stereocenters. The molecule has 0 spiro atoms. The van der Waals surface area contributed by atoms with E-state index in [0.29, 0.717) is 0 Å². The van der Waals surface area contributed by atoms with Gasteiger partial charge in [0, 0.05) is 19.4 Å². The molecule has 0 aromatic rings. The highest BCUT2D eigenvalue weighted by Gasteiger charge is 2.44. The number of hydrogen-bond acceptors (Lipinski definition) is 3. The van der Waals surface area contributed by atoms with Crippen LogP contribution in [0.4, 0.5) is 0 Å². The minimum Gasteiger partial charge on any atom is -0.344 e. The fraction of sp³-hybridized carbons (Fsp3) is 0.818. The van der Waals surface area contributed by atoms with Gasteiger partial charge in [-0.3, -0.25) is 0 Å². The van der Waals surface area contributed by atoms with E-state index in [1.54, 1.807) is 0 Å². The maximum atomic E-state index is 6.79. The Balaban J connectivity index is 2.22. The highest BCUT2D eigenvalue weighted by Crippen LogP contribution is 2.38. The molecule has 0 aliphatic carbocycles. The third kappa shape index (κ3) is 26.4. The minimum absolute atomic E-state index is 0.198. The first-order valence-corrected chi connectivity index (χ1v) is 20.6. The van der Waals surface area contributed by atoms with Crippen LogP contribution in [0.5, 0.6) is 0 Å². The lowest BCUT2D eigenvalue weighted by Gasteiger charge is -2.29. The van der Waals surface area contributed by atoms with E-state index < -0.39 is 0 Å². The van der Waals surface area contributed by atoms with E-state index in [0.717, 1.165) is 38.6 Å². The molecule has 3 nitrogen and oxygen atoms in total. The Bertz CT molecular complexity index is 734. The quantitative estimate of drug-likeness (QED) is 0.0519. The van der Waals surface area contributed by atoms with E-state index in [4.69, 9.17) is 9.47 Å². The summed E-state index contributed by atoms with van der Waals surface area (Å²) in [5, 5.41) is 0. The van der Waals surface area contributed by atoms with Crippen molar-refractivity contribution in [3.05, 3.63) is 48.6 Å². The first-order valence-electron chi connectivity index (χ1n) is 20.6. The molecule has 0 N–H and O–H groups in total. The van der Waals surface area contributed by atoms with Gasteiger partial charge in [0.05, 0.1) is 12.2 Å². The summed E-state index contributed by atoms with van der Waals surface area (Å²) in [5.41, 5.74) is 0. The molecule has 1 aliphatic heterocycles. The molecule has 0 bridgehead atoms. The predicted octanol–water partition coefficient (Wildman–Crippen LogP) is 13.8. The fourth-order valence-electron chi connectivity index (χ4n) is 6.62. The Labute approximate surface area is 295 Å². The molecule has 0 radical (unpaired) electrons. The summed E-state index contributed by atoms with van der Waals surface area (Å²) in [5.74, 6) is -0.346. The number of allylic oxidation sites excluding steroid dienone is 8. The monoisotopic (exact) mass is 656 g/mol. The second-order valence-corrected chi connectivity index (χ2v) is 14.7. The lowest BCUT2D eigenvalue weighted by atomic mass is 9.98. The molecule has 2 unspecified atom stereocenters. The molecule has 1 heterocycles. The van der Waals surface area contributed by atoms with Crippen molar-refractivity contribution >= 4 is 0 Å². The normalized spacial score (nSPS) is 18.4. The van der Waals surface area contributed by atoms with E-state index in [2.05, 4.69) is 88.4 Å². The Morgan fingerprint density at radius 2 is 0.872 bits per heavy atom. The van der Waals surface area contributed by atoms with Gasteiger partial charge in [0.1, 0.15) is 0 Å². The summed E-state index contributed by atoms with van der Waals surface area (Å²) >= 11 is 0. The van der Waals surface area contributed by atoms with Crippen LogP contribution >= 0.6 is 0 Å².